The molecule has 0 spiro atoms. The van der Waals surface area contributed by atoms with E-state index < -0.39 is 6.10 Å². The summed E-state index contributed by atoms with van der Waals surface area (Å²) in [6.07, 6.45) is 2.09. The number of likely N-dealkylation sites (N-methyl/N-ethyl adjacent to an activating group) is 1. The van der Waals surface area contributed by atoms with Crippen LogP contribution in [-0.4, -0.2) is 79.9 Å². The number of aliphatic hydroxyl groups is 1. The highest BCUT2D eigenvalue weighted by molar-refractivity contribution is 5.77. The molecule has 1 amide bonds. The maximum atomic E-state index is 11.6. The van der Waals surface area contributed by atoms with Crippen molar-refractivity contribution in [3.63, 3.8) is 0 Å². The van der Waals surface area contributed by atoms with Gasteiger partial charge in [-0.05, 0) is 50.2 Å². The van der Waals surface area contributed by atoms with Gasteiger partial charge >= 0.3 is 0 Å². The number of likely N-dealkylation sites (tertiary alicyclic amines) is 1. The number of carbonyl (C=O) groups excluding carboxylic acids is 1. The van der Waals surface area contributed by atoms with E-state index in [-0.39, 0.29) is 12.5 Å². The highest BCUT2D eigenvalue weighted by atomic mass is 16.5. The van der Waals surface area contributed by atoms with Gasteiger partial charge in [-0.15, -0.1) is 0 Å². The van der Waals surface area contributed by atoms with Crippen LogP contribution in [0.1, 0.15) is 38.7 Å². The van der Waals surface area contributed by atoms with Crippen molar-refractivity contribution in [3.05, 3.63) is 23.8 Å². The Hall–Kier alpha value is -1.83. The van der Waals surface area contributed by atoms with Crippen LogP contribution >= 0.6 is 0 Å². The van der Waals surface area contributed by atoms with Crippen LogP contribution in [0.4, 0.5) is 0 Å². The van der Waals surface area contributed by atoms with E-state index >= 15 is 0 Å². The summed E-state index contributed by atoms with van der Waals surface area (Å²) in [5, 5.41) is 13.7. The monoisotopic (exact) mass is 407 g/mol. The van der Waals surface area contributed by atoms with Crippen LogP contribution in [0.25, 0.3) is 0 Å². The predicted molar refractivity (Wildman–Crippen MR) is 114 cm³/mol. The first-order valence-corrected chi connectivity index (χ1v) is 10.8. The van der Waals surface area contributed by atoms with Gasteiger partial charge in [-0.2, -0.15) is 0 Å². The second-order valence-electron chi connectivity index (χ2n) is 7.45. The standard InChI is InChI=1S/C22H37N3O4/c1-4-24(5-2)16-19(26)17-29-21-14-18(9-10-20(21)28-3)15-23-11-7-13-25-12-6-8-22(25)27/h9-10,14,19,23,26H,4-8,11-13,15-17H2,1-3H3/t19-/m1/s1. The first kappa shape index (κ1) is 23.4. The van der Waals surface area contributed by atoms with Gasteiger partial charge in [0.05, 0.1) is 7.11 Å². The van der Waals surface area contributed by atoms with Crippen molar-refractivity contribution >= 4 is 5.91 Å². The molecular formula is C22H37N3O4. The van der Waals surface area contributed by atoms with Crippen molar-refractivity contribution in [1.82, 2.24) is 15.1 Å². The van der Waals surface area contributed by atoms with Gasteiger partial charge in [0.15, 0.2) is 11.5 Å². The molecule has 1 heterocycles. The molecule has 1 atom stereocenters. The van der Waals surface area contributed by atoms with Gasteiger partial charge in [-0.3, -0.25) is 4.79 Å². The zero-order valence-electron chi connectivity index (χ0n) is 18.2. The van der Waals surface area contributed by atoms with Crippen LogP contribution in [-0.2, 0) is 11.3 Å². The third kappa shape index (κ3) is 7.84. The van der Waals surface area contributed by atoms with E-state index in [4.69, 9.17) is 9.47 Å². The number of carbonyl (C=O) groups is 1. The largest absolute Gasteiger partial charge is 0.493 e. The molecule has 1 fully saturated rings. The van der Waals surface area contributed by atoms with Gasteiger partial charge in [0.25, 0.3) is 0 Å². The lowest BCUT2D eigenvalue weighted by Gasteiger charge is -2.22. The number of amides is 1. The summed E-state index contributed by atoms with van der Waals surface area (Å²) >= 11 is 0. The van der Waals surface area contributed by atoms with Gasteiger partial charge in [0.1, 0.15) is 12.7 Å². The molecule has 2 N–H and O–H groups in total. The third-order valence-electron chi connectivity index (χ3n) is 5.30. The third-order valence-corrected chi connectivity index (χ3v) is 5.30. The molecule has 7 nitrogen and oxygen atoms in total. The van der Waals surface area contributed by atoms with E-state index in [1.54, 1.807) is 7.11 Å². The van der Waals surface area contributed by atoms with Gasteiger partial charge < -0.3 is 29.7 Å². The number of benzene rings is 1. The first-order chi connectivity index (χ1) is 14.1. The summed E-state index contributed by atoms with van der Waals surface area (Å²) in [4.78, 5) is 15.7. The van der Waals surface area contributed by atoms with E-state index in [1.165, 1.54) is 0 Å². The minimum atomic E-state index is -0.547. The highest BCUT2D eigenvalue weighted by Gasteiger charge is 2.18. The molecule has 0 aromatic heterocycles. The van der Waals surface area contributed by atoms with Crippen LogP contribution in [0.15, 0.2) is 18.2 Å². The summed E-state index contributed by atoms with van der Waals surface area (Å²) < 4.78 is 11.2. The van der Waals surface area contributed by atoms with Gasteiger partial charge in [-0.1, -0.05) is 19.9 Å². The number of aliphatic hydroxyl groups excluding tert-OH is 1. The van der Waals surface area contributed by atoms with Crippen LogP contribution < -0.4 is 14.8 Å². The van der Waals surface area contributed by atoms with E-state index in [2.05, 4.69) is 24.1 Å². The molecule has 0 saturated carbocycles. The van der Waals surface area contributed by atoms with E-state index in [1.807, 2.05) is 23.1 Å². The number of rotatable bonds is 14. The molecule has 0 bridgehead atoms. The summed E-state index contributed by atoms with van der Waals surface area (Å²) in [6, 6.07) is 5.86. The van der Waals surface area contributed by atoms with E-state index in [9.17, 15) is 9.90 Å². The zero-order chi connectivity index (χ0) is 21.1. The minimum Gasteiger partial charge on any atom is -0.493 e. The number of ether oxygens (including phenoxy) is 2. The fraction of sp³-hybridized carbons (Fsp3) is 0.682. The minimum absolute atomic E-state index is 0.230. The summed E-state index contributed by atoms with van der Waals surface area (Å²) in [6.45, 7) is 10.1. The second-order valence-corrected chi connectivity index (χ2v) is 7.45. The molecule has 29 heavy (non-hydrogen) atoms. The van der Waals surface area contributed by atoms with Crippen LogP contribution in [0, 0.1) is 0 Å². The van der Waals surface area contributed by atoms with Crippen LogP contribution in [0.5, 0.6) is 11.5 Å². The maximum Gasteiger partial charge on any atom is 0.222 e. The number of hydrogen-bond acceptors (Lipinski definition) is 6. The van der Waals surface area contributed by atoms with Crippen molar-refractivity contribution in [2.24, 2.45) is 0 Å². The molecule has 0 unspecified atom stereocenters. The molecule has 1 aromatic carbocycles. The molecular weight excluding hydrogens is 370 g/mol. The lowest BCUT2D eigenvalue weighted by molar-refractivity contribution is -0.127. The Balaban J connectivity index is 1.77. The average molecular weight is 408 g/mol. The summed E-state index contributed by atoms with van der Waals surface area (Å²) in [7, 11) is 1.62. The quantitative estimate of drug-likeness (QED) is 0.459. The summed E-state index contributed by atoms with van der Waals surface area (Å²) in [5.41, 5.74) is 1.09. The normalized spacial score (nSPS) is 15.2. The van der Waals surface area contributed by atoms with Crippen molar-refractivity contribution in [2.75, 3.05) is 53.0 Å². The fourth-order valence-electron chi connectivity index (χ4n) is 3.53. The Morgan fingerprint density at radius 1 is 1.28 bits per heavy atom. The first-order valence-electron chi connectivity index (χ1n) is 10.8. The number of nitrogens with one attached hydrogen (secondary N) is 1. The topological polar surface area (TPSA) is 74.3 Å². The van der Waals surface area contributed by atoms with Crippen LogP contribution in [0.3, 0.4) is 0 Å². The predicted octanol–water partition coefficient (Wildman–Crippen LogP) is 1.88. The Kier molecular flexibility index (Phi) is 10.2. The molecule has 1 aromatic rings. The van der Waals surface area contributed by atoms with Gasteiger partial charge in [0, 0.05) is 32.6 Å². The Morgan fingerprint density at radius 2 is 2.07 bits per heavy atom. The van der Waals surface area contributed by atoms with E-state index in [0.29, 0.717) is 24.5 Å². The Labute approximate surface area is 175 Å². The van der Waals surface area contributed by atoms with Crippen molar-refractivity contribution in [1.29, 1.82) is 0 Å². The molecule has 1 saturated heterocycles. The lowest BCUT2D eigenvalue weighted by Crippen LogP contribution is -2.35. The summed E-state index contributed by atoms with van der Waals surface area (Å²) in [5.74, 6) is 1.59. The molecule has 1 aliphatic heterocycles. The van der Waals surface area contributed by atoms with Crippen molar-refractivity contribution < 1.29 is 19.4 Å². The highest BCUT2D eigenvalue weighted by Crippen LogP contribution is 2.28. The van der Waals surface area contributed by atoms with Gasteiger partial charge in [-0.25, -0.2) is 0 Å². The smallest absolute Gasteiger partial charge is 0.222 e. The number of nitrogens with zero attached hydrogens (tertiary/aromatic N) is 2. The van der Waals surface area contributed by atoms with Gasteiger partial charge in [0.2, 0.25) is 5.91 Å². The number of methoxy groups -OCH3 is 1. The second kappa shape index (κ2) is 12.7. The average Bonchev–Trinajstić information content (AvgIpc) is 3.15. The van der Waals surface area contributed by atoms with Crippen LogP contribution in [0.2, 0.25) is 0 Å². The molecule has 1 aliphatic rings. The maximum absolute atomic E-state index is 11.6. The molecule has 7 heteroatoms. The van der Waals surface area contributed by atoms with Crippen molar-refractivity contribution in [2.45, 2.75) is 45.8 Å². The number of hydrogen-bond donors (Lipinski definition) is 2. The Bertz CT molecular complexity index is 622. The molecule has 0 aliphatic carbocycles. The zero-order valence-corrected chi connectivity index (χ0v) is 18.2. The van der Waals surface area contributed by atoms with E-state index in [0.717, 1.165) is 57.7 Å². The molecule has 2 rings (SSSR count). The molecule has 164 valence electrons. The molecule has 0 radical (unpaired) electrons. The Morgan fingerprint density at radius 3 is 2.72 bits per heavy atom. The fourth-order valence-corrected chi connectivity index (χ4v) is 3.53. The lowest BCUT2D eigenvalue weighted by atomic mass is 10.2. The SMILES string of the molecule is CCN(CC)C[C@@H](O)COc1cc(CNCCCN2CCCC2=O)ccc1OC. The van der Waals surface area contributed by atoms with Crippen molar-refractivity contribution in [3.8, 4) is 11.5 Å².